The number of rotatable bonds is 3. The van der Waals surface area contributed by atoms with E-state index in [0.717, 1.165) is 11.8 Å². The third-order valence-electron chi connectivity index (χ3n) is 3.40. The Morgan fingerprint density at radius 2 is 2.08 bits per heavy atom. The summed E-state index contributed by atoms with van der Waals surface area (Å²) in [6, 6.07) is 0.496. The summed E-state index contributed by atoms with van der Waals surface area (Å²) in [7, 11) is 0. The second-order valence-corrected chi connectivity index (χ2v) is 4.07. The molecule has 0 saturated heterocycles. The lowest BCUT2D eigenvalue weighted by atomic mass is 9.74. The number of hydrogen-bond acceptors (Lipinski definition) is 2. The first kappa shape index (κ1) is 10.0. The van der Waals surface area contributed by atoms with Gasteiger partial charge in [0.2, 0.25) is 0 Å². The molecule has 1 saturated carbocycles. The van der Waals surface area contributed by atoms with Gasteiger partial charge in [-0.2, -0.15) is 0 Å². The van der Waals surface area contributed by atoms with E-state index in [1.165, 1.54) is 32.1 Å². The lowest BCUT2D eigenvalue weighted by molar-refractivity contribution is 0.184. The topological polar surface area (TPSA) is 38.0 Å². The monoisotopic (exact) mass is 170 g/mol. The highest BCUT2D eigenvalue weighted by Crippen LogP contribution is 2.33. The van der Waals surface area contributed by atoms with Crippen molar-refractivity contribution >= 4 is 0 Å². The Kier molecular flexibility index (Phi) is 4.02. The second kappa shape index (κ2) is 4.83. The molecule has 1 aliphatic rings. The molecular formula is C10H22N2. The van der Waals surface area contributed by atoms with Crippen LogP contribution in [-0.4, -0.2) is 6.04 Å². The van der Waals surface area contributed by atoms with Crippen molar-refractivity contribution in [3.05, 3.63) is 0 Å². The van der Waals surface area contributed by atoms with Crippen LogP contribution in [0.2, 0.25) is 0 Å². The minimum Gasteiger partial charge on any atom is -0.271 e. The fraction of sp³-hybridized carbons (Fsp3) is 1.00. The molecule has 1 aliphatic carbocycles. The predicted octanol–water partition coefficient (Wildman–Crippen LogP) is 2.05. The molecule has 0 bridgehead atoms. The van der Waals surface area contributed by atoms with Crippen LogP contribution in [0.1, 0.15) is 46.0 Å². The molecule has 12 heavy (non-hydrogen) atoms. The Hall–Kier alpha value is -0.0800. The number of nitrogens with two attached hydrogens (primary N) is 1. The third kappa shape index (κ3) is 2.20. The lowest BCUT2D eigenvalue weighted by Gasteiger charge is -2.34. The van der Waals surface area contributed by atoms with Crippen LogP contribution in [0.25, 0.3) is 0 Å². The van der Waals surface area contributed by atoms with E-state index in [0.29, 0.717) is 6.04 Å². The first-order valence-electron chi connectivity index (χ1n) is 5.25. The van der Waals surface area contributed by atoms with Gasteiger partial charge in [-0.15, -0.1) is 0 Å². The summed E-state index contributed by atoms with van der Waals surface area (Å²) in [6.07, 6.45) is 6.91. The second-order valence-electron chi connectivity index (χ2n) is 4.07. The van der Waals surface area contributed by atoms with Gasteiger partial charge in [0.1, 0.15) is 0 Å². The van der Waals surface area contributed by atoms with Crippen molar-refractivity contribution in [2.75, 3.05) is 0 Å². The van der Waals surface area contributed by atoms with Crippen molar-refractivity contribution in [2.24, 2.45) is 17.7 Å². The van der Waals surface area contributed by atoms with E-state index in [9.17, 15) is 0 Å². The number of nitrogens with one attached hydrogen (secondary N) is 1. The fourth-order valence-corrected chi connectivity index (χ4v) is 2.53. The Bertz CT molecular complexity index is 125. The molecule has 0 aliphatic heterocycles. The van der Waals surface area contributed by atoms with E-state index >= 15 is 0 Å². The van der Waals surface area contributed by atoms with Crippen LogP contribution in [0, 0.1) is 11.8 Å². The molecule has 3 N–H and O–H groups in total. The van der Waals surface area contributed by atoms with Crippen molar-refractivity contribution in [3.63, 3.8) is 0 Å². The zero-order chi connectivity index (χ0) is 8.97. The van der Waals surface area contributed by atoms with E-state index in [1.54, 1.807) is 0 Å². The molecule has 0 aromatic rings. The van der Waals surface area contributed by atoms with Crippen molar-refractivity contribution in [1.29, 1.82) is 0 Å². The average Bonchev–Trinajstić information content (AvgIpc) is 2.16. The molecule has 0 amide bonds. The lowest BCUT2D eigenvalue weighted by Crippen LogP contribution is -2.42. The smallest absolute Gasteiger partial charge is 0.0213 e. The zero-order valence-electron chi connectivity index (χ0n) is 8.34. The van der Waals surface area contributed by atoms with E-state index < -0.39 is 0 Å². The minimum absolute atomic E-state index is 0.496. The van der Waals surface area contributed by atoms with Gasteiger partial charge < -0.3 is 0 Å². The Morgan fingerprint density at radius 3 is 2.67 bits per heavy atom. The van der Waals surface area contributed by atoms with E-state index in [-0.39, 0.29) is 0 Å². The molecule has 2 heteroatoms. The number of hydrazine groups is 1. The highest BCUT2D eigenvalue weighted by atomic mass is 15.2. The highest BCUT2D eigenvalue weighted by molar-refractivity contribution is 4.80. The average molecular weight is 170 g/mol. The highest BCUT2D eigenvalue weighted by Gasteiger charge is 2.27. The van der Waals surface area contributed by atoms with Crippen molar-refractivity contribution in [3.8, 4) is 0 Å². The first-order chi connectivity index (χ1) is 5.79. The maximum absolute atomic E-state index is 5.47. The zero-order valence-corrected chi connectivity index (χ0v) is 8.34. The predicted molar refractivity (Wildman–Crippen MR) is 52.5 cm³/mol. The molecule has 0 aromatic carbocycles. The normalized spacial score (nSPS) is 33.2. The summed E-state index contributed by atoms with van der Waals surface area (Å²) >= 11 is 0. The SMILES string of the molecule is CCC1CCCCC1C(C)NN. The number of hydrogen-bond donors (Lipinski definition) is 2. The van der Waals surface area contributed by atoms with Gasteiger partial charge in [-0.1, -0.05) is 32.6 Å². The maximum atomic E-state index is 5.47. The summed E-state index contributed by atoms with van der Waals surface area (Å²) in [4.78, 5) is 0. The molecule has 3 atom stereocenters. The van der Waals surface area contributed by atoms with Crippen LogP contribution >= 0.6 is 0 Å². The third-order valence-corrected chi connectivity index (χ3v) is 3.40. The van der Waals surface area contributed by atoms with Gasteiger partial charge in [-0.3, -0.25) is 11.3 Å². The van der Waals surface area contributed by atoms with Gasteiger partial charge in [0.25, 0.3) is 0 Å². The minimum atomic E-state index is 0.496. The molecule has 0 heterocycles. The molecule has 1 fully saturated rings. The van der Waals surface area contributed by atoms with Crippen molar-refractivity contribution in [2.45, 2.75) is 52.0 Å². The van der Waals surface area contributed by atoms with Crippen molar-refractivity contribution in [1.82, 2.24) is 5.43 Å². The molecule has 0 spiro atoms. The summed E-state index contributed by atoms with van der Waals surface area (Å²) in [6.45, 7) is 4.50. The van der Waals surface area contributed by atoms with Crippen LogP contribution in [0.15, 0.2) is 0 Å². The molecule has 0 aromatic heterocycles. The van der Waals surface area contributed by atoms with Crippen LogP contribution in [0.5, 0.6) is 0 Å². The van der Waals surface area contributed by atoms with Crippen LogP contribution in [0.3, 0.4) is 0 Å². The van der Waals surface area contributed by atoms with Gasteiger partial charge in [-0.05, 0) is 25.2 Å². The van der Waals surface area contributed by atoms with Gasteiger partial charge in [0.05, 0.1) is 0 Å². The summed E-state index contributed by atoms with van der Waals surface area (Å²) in [5.74, 6) is 7.19. The molecule has 0 radical (unpaired) electrons. The summed E-state index contributed by atoms with van der Waals surface area (Å²) < 4.78 is 0. The summed E-state index contributed by atoms with van der Waals surface area (Å²) in [5.41, 5.74) is 2.90. The van der Waals surface area contributed by atoms with Crippen LogP contribution < -0.4 is 11.3 Å². The Morgan fingerprint density at radius 1 is 1.42 bits per heavy atom. The Balaban J connectivity index is 2.46. The van der Waals surface area contributed by atoms with E-state index in [4.69, 9.17) is 5.84 Å². The molecule has 72 valence electrons. The molecule has 3 unspecified atom stereocenters. The molecule has 2 nitrogen and oxygen atoms in total. The van der Waals surface area contributed by atoms with E-state index in [1.807, 2.05) is 0 Å². The first-order valence-corrected chi connectivity index (χ1v) is 5.25. The van der Waals surface area contributed by atoms with Crippen LogP contribution in [0.4, 0.5) is 0 Å². The molecule has 1 rings (SSSR count). The van der Waals surface area contributed by atoms with Crippen LogP contribution in [-0.2, 0) is 0 Å². The Labute approximate surface area is 75.9 Å². The van der Waals surface area contributed by atoms with Gasteiger partial charge in [-0.25, -0.2) is 0 Å². The standard InChI is InChI=1S/C10H22N2/c1-3-9-6-4-5-7-10(9)8(2)12-11/h8-10,12H,3-7,11H2,1-2H3. The fourth-order valence-electron chi connectivity index (χ4n) is 2.53. The van der Waals surface area contributed by atoms with Gasteiger partial charge >= 0.3 is 0 Å². The largest absolute Gasteiger partial charge is 0.271 e. The van der Waals surface area contributed by atoms with Crippen molar-refractivity contribution < 1.29 is 0 Å². The quantitative estimate of drug-likeness (QED) is 0.502. The van der Waals surface area contributed by atoms with E-state index in [2.05, 4.69) is 19.3 Å². The van der Waals surface area contributed by atoms with Gasteiger partial charge in [0, 0.05) is 6.04 Å². The summed E-state index contributed by atoms with van der Waals surface area (Å²) in [5, 5.41) is 0. The van der Waals surface area contributed by atoms with Gasteiger partial charge in [0.15, 0.2) is 0 Å². The maximum Gasteiger partial charge on any atom is 0.0213 e. The molecular weight excluding hydrogens is 148 g/mol.